The highest BCUT2D eigenvalue weighted by Gasteiger charge is 2.33. The van der Waals surface area contributed by atoms with Crippen molar-refractivity contribution in [2.24, 2.45) is 7.05 Å². The zero-order chi connectivity index (χ0) is 21.3. The summed E-state index contributed by atoms with van der Waals surface area (Å²) in [6.07, 6.45) is 4.56. The lowest BCUT2D eigenvalue weighted by molar-refractivity contribution is 0.0662. The normalized spacial score (nSPS) is 15.2. The number of hydrogen-bond donors (Lipinski definition) is 3. The molecule has 30 heavy (non-hydrogen) atoms. The zero-order valence-electron chi connectivity index (χ0n) is 17.5. The van der Waals surface area contributed by atoms with Crippen molar-refractivity contribution >= 4 is 23.0 Å². The molecule has 1 heterocycles. The Morgan fingerprint density at radius 1 is 1.27 bits per heavy atom. The van der Waals surface area contributed by atoms with Crippen LogP contribution >= 0.6 is 0 Å². The first-order valence-electron chi connectivity index (χ1n) is 10.5. The molecule has 2 aliphatic carbocycles. The molecule has 160 valence electrons. The maximum absolute atomic E-state index is 14.6. The quantitative estimate of drug-likeness (QED) is 0.448. The number of anilines is 2. The molecule has 3 N–H and O–H groups in total. The molecule has 4 rings (SSSR count). The Morgan fingerprint density at radius 3 is 2.77 bits per heavy atom. The summed E-state index contributed by atoms with van der Waals surface area (Å²) in [4.78, 5) is 18.3. The van der Waals surface area contributed by atoms with E-state index in [0.29, 0.717) is 36.6 Å². The van der Waals surface area contributed by atoms with Crippen LogP contribution in [0.2, 0.25) is 0 Å². The number of hydrogen-bond acceptors (Lipinski definition) is 5. The summed E-state index contributed by atoms with van der Waals surface area (Å²) in [5, 5.41) is 12.3. The van der Waals surface area contributed by atoms with Crippen LogP contribution in [0.15, 0.2) is 23.8 Å². The highest BCUT2D eigenvalue weighted by molar-refractivity contribution is 6.01. The van der Waals surface area contributed by atoms with Crippen LogP contribution in [0.4, 0.5) is 15.9 Å². The van der Waals surface area contributed by atoms with Gasteiger partial charge < -0.3 is 15.0 Å². The van der Waals surface area contributed by atoms with Gasteiger partial charge in [0.1, 0.15) is 11.6 Å². The predicted molar refractivity (Wildman–Crippen MR) is 114 cm³/mol. The van der Waals surface area contributed by atoms with E-state index in [1.807, 2.05) is 24.6 Å². The van der Waals surface area contributed by atoms with Gasteiger partial charge in [0.2, 0.25) is 0 Å². The molecule has 0 aliphatic heterocycles. The lowest BCUT2D eigenvalue weighted by Crippen LogP contribution is -2.17. The fourth-order valence-electron chi connectivity index (χ4n) is 4.02. The number of aliphatic hydroxyl groups is 1. The molecule has 0 amide bonds. The van der Waals surface area contributed by atoms with Crippen LogP contribution in [0, 0.1) is 12.7 Å². The molecule has 1 aromatic carbocycles. The van der Waals surface area contributed by atoms with E-state index >= 15 is 0 Å². The molecule has 1 fully saturated rings. The molecule has 7 heteroatoms. The third-order valence-corrected chi connectivity index (χ3v) is 5.65. The van der Waals surface area contributed by atoms with Crippen molar-refractivity contribution in [3.63, 3.8) is 0 Å². The van der Waals surface area contributed by atoms with Crippen molar-refractivity contribution in [1.29, 1.82) is 0 Å². The minimum atomic E-state index is -0.334. The first-order chi connectivity index (χ1) is 14.5. The number of Topliss-reactive ketones (excluding diaryl/α,β-unsaturated/α-hetero) is 1. The fourth-order valence-corrected chi connectivity index (χ4v) is 4.02. The van der Waals surface area contributed by atoms with E-state index in [1.165, 1.54) is 11.6 Å². The third-order valence-electron chi connectivity index (χ3n) is 5.65. The monoisotopic (exact) mass is 413 g/mol. The largest absolute Gasteiger partial charge is 0.396 e. The van der Waals surface area contributed by atoms with E-state index in [9.17, 15) is 9.18 Å². The van der Waals surface area contributed by atoms with Crippen molar-refractivity contribution in [3.05, 3.63) is 52.0 Å². The summed E-state index contributed by atoms with van der Waals surface area (Å²) in [5.74, 6) is 0.462. The van der Waals surface area contributed by atoms with Crippen LogP contribution in [0.3, 0.4) is 0 Å². The van der Waals surface area contributed by atoms with Crippen molar-refractivity contribution in [1.82, 2.24) is 10.0 Å². The Balaban J connectivity index is 1.79. The molecule has 0 saturated heterocycles. The number of nitrogens with one attached hydrogen (secondary N) is 2. The average molecular weight is 413 g/mol. The van der Waals surface area contributed by atoms with E-state index in [-0.39, 0.29) is 18.2 Å². The fraction of sp³-hybridized carbons (Fsp3) is 0.435. The van der Waals surface area contributed by atoms with Crippen molar-refractivity contribution in [2.45, 2.75) is 45.4 Å². The summed E-state index contributed by atoms with van der Waals surface area (Å²) in [6, 6.07) is 5.07. The molecule has 2 aromatic rings. The van der Waals surface area contributed by atoms with E-state index in [2.05, 4.69) is 10.8 Å². The SMILES string of the molecule is Cc1ccc(Nc2c(C(NOCCCO)=C3CC3)c3c(n2C)C(=O)CCC3)c(F)c1. The van der Waals surface area contributed by atoms with Crippen molar-refractivity contribution in [2.75, 3.05) is 18.5 Å². The highest BCUT2D eigenvalue weighted by Crippen LogP contribution is 2.43. The molecule has 0 radical (unpaired) electrons. The van der Waals surface area contributed by atoms with Crippen LogP contribution in [0.1, 0.15) is 59.3 Å². The van der Waals surface area contributed by atoms with E-state index < -0.39 is 0 Å². The maximum atomic E-state index is 14.6. The molecule has 2 aliphatic rings. The number of rotatable bonds is 8. The minimum Gasteiger partial charge on any atom is -0.396 e. The Kier molecular flexibility index (Phi) is 5.92. The van der Waals surface area contributed by atoms with Gasteiger partial charge in [-0.15, -0.1) is 0 Å². The Morgan fingerprint density at radius 2 is 2.07 bits per heavy atom. The smallest absolute Gasteiger partial charge is 0.179 e. The van der Waals surface area contributed by atoms with Crippen molar-refractivity contribution in [3.8, 4) is 0 Å². The summed E-state index contributed by atoms with van der Waals surface area (Å²) < 4.78 is 16.5. The third kappa shape index (κ3) is 4.00. The molecule has 0 atom stereocenters. The topological polar surface area (TPSA) is 75.5 Å². The summed E-state index contributed by atoms with van der Waals surface area (Å²) in [7, 11) is 1.85. The molecular weight excluding hydrogens is 385 g/mol. The number of aryl methyl sites for hydroxylation is 1. The first-order valence-corrected chi connectivity index (χ1v) is 10.5. The number of halogens is 1. The Hall–Kier alpha value is -2.64. The van der Waals surface area contributed by atoms with Crippen molar-refractivity contribution < 1.29 is 19.1 Å². The lowest BCUT2D eigenvalue weighted by Gasteiger charge is -2.17. The van der Waals surface area contributed by atoms with Crippen LogP contribution in [0.25, 0.3) is 5.70 Å². The van der Waals surface area contributed by atoms with Gasteiger partial charge in [-0.05, 0) is 67.9 Å². The summed E-state index contributed by atoms with van der Waals surface area (Å²) in [6.45, 7) is 2.28. The highest BCUT2D eigenvalue weighted by atomic mass is 19.1. The maximum Gasteiger partial charge on any atom is 0.179 e. The number of carbonyl (C=O) groups excluding carboxylic acids is 1. The summed E-state index contributed by atoms with van der Waals surface area (Å²) >= 11 is 0. The van der Waals surface area contributed by atoms with E-state index in [1.54, 1.807) is 6.07 Å². The van der Waals surface area contributed by atoms with Gasteiger partial charge in [0.25, 0.3) is 0 Å². The molecular formula is C23H28FN3O3. The number of fused-ring (bicyclic) bond motifs is 1. The second-order valence-corrected chi connectivity index (χ2v) is 8.00. The van der Waals surface area contributed by atoms with Gasteiger partial charge in [-0.25, -0.2) is 4.39 Å². The Labute approximate surface area is 175 Å². The van der Waals surface area contributed by atoms with E-state index in [4.69, 9.17) is 9.94 Å². The van der Waals surface area contributed by atoms with E-state index in [0.717, 1.165) is 48.1 Å². The Bertz CT molecular complexity index is 1000. The van der Waals surface area contributed by atoms with Gasteiger partial charge in [-0.2, -0.15) is 0 Å². The number of allylic oxidation sites excluding steroid dienone is 1. The molecule has 1 aromatic heterocycles. The molecule has 0 unspecified atom stereocenters. The van der Waals surface area contributed by atoms with Gasteiger partial charge in [-0.1, -0.05) is 6.07 Å². The molecule has 1 saturated carbocycles. The number of aromatic nitrogens is 1. The van der Waals surface area contributed by atoms with Gasteiger partial charge in [0, 0.05) is 25.6 Å². The number of hydroxylamine groups is 1. The number of carbonyl (C=O) groups is 1. The van der Waals surface area contributed by atoms with Crippen LogP contribution in [-0.4, -0.2) is 28.7 Å². The van der Waals surface area contributed by atoms with Gasteiger partial charge in [0.15, 0.2) is 5.78 Å². The number of nitrogens with zero attached hydrogens (tertiary/aromatic N) is 1. The number of benzene rings is 1. The molecule has 6 nitrogen and oxygen atoms in total. The number of ketones is 1. The lowest BCUT2D eigenvalue weighted by atomic mass is 9.92. The van der Waals surface area contributed by atoms with Gasteiger partial charge in [0.05, 0.1) is 23.7 Å². The first kappa shape index (κ1) is 20.6. The van der Waals surface area contributed by atoms with Gasteiger partial charge >= 0.3 is 0 Å². The second kappa shape index (κ2) is 8.62. The molecule has 0 bridgehead atoms. The summed E-state index contributed by atoms with van der Waals surface area (Å²) in [5.41, 5.74) is 8.91. The predicted octanol–water partition coefficient (Wildman–Crippen LogP) is 4.14. The molecule has 0 spiro atoms. The van der Waals surface area contributed by atoms with Crippen LogP contribution in [0.5, 0.6) is 0 Å². The minimum absolute atomic E-state index is 0.0579. The average Bonchev–Trinajstić information content (AvgIpc) is 3.51. The number of aliphatic hydroxyl groups excluding tert-OH is 1. The van der Waals surface area contributed by atoms with Gasteiger partial charge in [-0.3, -0.25) is 15.1 Å². The van der Waals surface area contributed by atoms with Crippen LogP contribution < -0.4 is 10.8 Å². The van der Waals surface area contributed by atoms with Crippen LogP contribution in [-0.2, 0) is 18.3 Å². The zero-order valence-corrected chi connectivity index (χ0v) is 17.5. The second-order valence-electron chi connectivity index (χ2n) is 8.00. The standard InChI is InChI=1S/C23H28FN3O3/c1-14-7-10-18(17(24)13-14)25-23-20(16-5-3-6-19(29)22(16)27(23)2)21(15-8-9-15)26-30-12-4-11-28/h7,10,13,25-26,28H,3-6,8-9,11-12H2,1-2H3.